The average Bonchev–Trinajstić information content (AvgIpc) is 2.15. The van der Waals surface area contributed by atoms with E-state index in [1.54, 1.807) is 0 Å². The van der Waals surface area contributed by atoms with Gasteiger partial charge in [-0.05, 0) is 18.4 Å². The van der Waals surface area contributed by atoms with E-state index in [-0.39, 0.29) is 5.92 Å². The van der Waals surface area contributed by atoms with Crippen molar-refractivity contribution in [2.75, 3.05) is 0 Å². The lowest BCUT2D eigenvalue weighted by atomic mass is 10.0. The monoisotopic (exact) mass is 240 g/mol. The van der Waals surface area contributed by atoms with Gasteiger partial charge >= 0.3 is 11.4 Å². The standard InChI is InChI=1S/C10H12N2O5/c1-6(2)5-7-3-4-8(11(14)15)10(13)9(7)12(16)17/h3-4,6,13H,5H2,1-2H3. The number of rotatable bonds is 4. The van der Waals surface area contributed by atoms with Gasteiger partial charge in [-0.15, -0.1) is 0 Å². The fraction of sp³-hybridized carbons (Fsp3) is 0.400. The van der Waals surface area contributed by atoms with Gasteiger partial charge in [-0.3, -0.25) is 20.2 Å². The Hall–Kier alpha value is -2.18. The van der Waals surface area contributed by atoms with Crippen molar-refractivity contribution in [2.45, 2.75) is 20.3 Å². The zero-order chi connectivity index (χ0) is 13.2. The van der Waals surface area contributed by atoms with Gasteiger partial charge in [0, 0.05) is 11.6 Å². The highest BCUT2D eigenvalue weighted by molar-refractivity contribution is 5.63. The lowest BCUT2D eigenvalue weighted by Crippen LogP contribution is -2.02. The second-order valence-corrected chi connectivity index (χ2v) is 4.05. The van der Waals surface area contributed by atoms with Crippen molar-refractivity contribution >= 4 is 11.4 Å². The van der Waals surface area contributed by atoms with Gasteiger partial charge in [0.1, 0.15) is 0 Å². The molecule has 0 aliphatic heterocycles. The van der Waals surface area contributed by atoms with E-state index in [1.165, 1.54) is 6.07 Å². The van der Waals surface area contributed by atoms with Crippen molar-refractivity contribution in [1.29, 1.82) is 0 Å². The van der Waals surface area contributed by atoms with Crippen LogP contribution in [0, 0.1) is 26.1 Å². The van der Waals surface area contributed by atoms with Gasteiger partial charge < -0.3 is 5.11 Å². The van der Waals surface area contributed by atoms with Crippen molar-refractivity contribution in [3.05, 3.63) is 37.9 Å². The molecule has 7 nitrogen and oxygen atoms in total. The van der Waals surface area contributed by atoms with Crippen LogP contribution in [0.5, 0.6) is 5.75 Å². The third-order valence-electron chi connectivity index (χ3n) is 2.22. The number of nitro groups is 2. The highest BCUT2D eigenvalue weighted by atomic mass is 16.6. The molecule has 0 saturated heterocycles. The topological polar surface area (TPSA) is 107 Å². The number of nitro benzene ring substituents is 2. The molecule has 1 aromatic carbocycles. The first-order valence-corrected chi connectivity index (χ1v) is 4.98. The summed E-state index contributed by atoms with van der Waals surface area (Å²) in [7, 11) is 0. The van der Waals surface area contributed by atoms with Gasteiger partial charge in [0.25, 0.3) is 5.75 Å². The molecule has 92 valence electrons. The third kappa shape index (κ3) is 2.68. The molecule has 0 aliphatic carbocycles. The number of hydrogen-bond donors (Lipinski definition) is 1. The van der Waals surface area contributed by atoms with Crippen molar-refractivity contribution in [1.82, 2.24) is 0 Å². The van der Waals surface area contributed by atoms with Crippen LogP contribution in [0.25, 0.3) is 0 Å². The molecular weight excluding hydrogens is 228 g/mol. The van der Waals surface area contributed by atoms with Crippen molar-refractivity contribution in [3.63, 3.8) is 0 Å². The number of phenols is 1. The van der Waals surface area contributed by atoms with Crippen molar-refractivity contribution in [2.24, 2.45) is 5.92 Å². The molecule has 17 heavy (non-hydrogen) atoms. The van der Waals surface area contributed by atoms with Crippen LogP contribution < -0.4 is 0 Å². The van der Waals surface area contributed by atoms with Crippen molar-refractivity contribution in [3.8, 4) is 5.75 Å². The molecule has 0 atom stereocenters. The van der Waals surface area contributed by atoms with E-state index in [9.17, 15) is 25.3 Å². The van der Waals surface area contributed by atoms with E-state index in [1.807, 2.05) is 13.8 Å². The summed E-state index contributed by atoms with van der Waals surface area (Å²) in [4.78, 5) is 19.7. The molecule has 0 aliphatic rings. The van der Waals surface area contributed by atoms with Gasteiger partial charge in [-0.1, -0.05) is 13.8 Å². The summed E-state index contributed by atoms with van der Waals surface area (Å²) < 4.78 is 0. The molecule has 0 unspecified atom stereocenters. The van der Waals surface area contributed by atoms with Crippen LogP contribution in [0.1, 0.15) is 19.4 Å². The van der Waals surface area contributed by atoms with Gasteiger partial charge in [0.2, 0.25) is 0 Å². The Balaban J connectivity index is 3.39. The summed E-state index contributed by atoms with van der Waals surface area (Å²) in [6.45, 7) is 3.73. The first-order valence-electron chi connectivity index (χ1n) is 4.98. The van der Waals surface area contributed by atoms with Crippen LogP contribution in [0.3, 0.4) is 0 Å². The Morgan fingerprint density at radius 2 is 1.82 bits per heavy atom. The summed E-state index contributed by atoms with van der Waals surface area (Å²) in [6.07, 6.45) is 0.377. The minimum atomic E-state index is -0.877. The highest BCUT2D eigenvalue weighted by Gasteiger charge is 2.28. The molecule has 0 radical (unpaired) electrons. The van der Waals surface area contributed by atoms with Gasteiger partial charge in [-0.25, -0.2) is 0 Å². The zero-order valence-corrected chi connectivity index (χ0v) is 9.41. The van der Waals surface area contributed by atoms with Crippen LogP contribution in [-0.4, -0.2) is 15.0 Å². The highest BCUT2D eigenvalue weighted by Crippen LogP contribution is 2.38. The van der Waals surface area contributed by atoms with E-state index in [0.29, 0.717) is 12.0 Å². The smallest absolute Gasteiger partial charge is 0.321 e. The summed E-state index contributed by atoms with van der Waals surface area (Å²) in [5.41, 5.74) is -0.926. The van der Waals surface area contributed by atoms with Crippen molar-refractivity contribution < 1.29 is 15.0 Å². The zero-order valence-electron chi connectivity index (χ0n) is 9.41. The molecular formula is C10H12N2O5. The molecule has 0 amide bonds. The molecule has 1 N–H and O–H groups in total. The first-order chi connectivity index (χ1) is 7.84. The van der Waals surface area contributed by atoms with Crippen LogP contribution in [-0.2, 0) is 6.42 Å². The Kier molecular flexibility index (Phi) is 3.62. The minimum absolute atomic E-state index is 0.148. The predicted octanol–water partition coefficient (Wildman–Crippen LogP) is 2.41. The maximum absolute atomic E-state index is 10.8. The summed E-state index contributed by atoms with van der Waals surface area (Å²) >= 11 is 0. The first kappa shape index (κ1) is 12.9. The summed E-state index contributed by atoms with van der Waals surface area (Å²) in [5, 5.41) is 30.9. The van der Waals surface area contributed by atoms with Crippen LogP contribution in [0.4, 0.5) is 11.4 Å². The molecule has 1 rings (SSSR count). The third-order valence-corrected chi connectivity index (χ3v) is 2.22. The fourth-order valence-corrected chi connectivity index (χ4v) is 1.57. The summed E-state index contributed by atoms with van der Waals surface area (Å²) in [5.74, 6) is -0.729. The molecule has 0 fully saturated rings. The molecule has 0 saturated carbocycles. The van der Waals surface area contributed by atoms with Crippen LogP contribution in [0.15, 0.2) is 12.1 Å². The fourth-order valence-electron chi connectivity index (χ4n) is 1.57. The number of hydrogen-bond acceptors (Lipinski definition) is 5. The minimum Gasteiger partial charge on any atom is -0.497 e. The van der Waals surface area contributed by atoms with E-state index in [2.05, 4.69) is 0 Å². The second-order valence-electron chi connectivity index (χ2n) is 4.05. The predicted molar refractivity (Wildman–Crippen MR) is 60.0 cm³/mol. The molecule has 0 spiro atoms. The maximum atomic E-state index is 10.8. The molecule has 0 heterocycles. The lowest BCUT2D eigenvalue weighted by Gasteiger charge is -2.07. The number of aromatic hydroxyl groups is 1. The molecule has 1 aromatic rings. The second kappa shape index (κ2) is 4.77. The quantitative estimate of drug-likeness (QED) is 0.642. The normalized spacial score (nSPS) is 10.5. The number of nitrogens with zero attached hydrogens (tertiary/aromatic N) is 2. The van der Waals surface area contributed by atoms with Gasteiger partial charge in [0.05, 0.1) is 9.85 Å². The SMILES string of the molecule is CC(C)Cc1ccc([N+](=O)[O-])c(O)c1[N+](=O)[O-]. The number of benzene rings is 1. The average molecular weight is 240 g/mol. The lowest BCUT2D eigenvalue weighted by molar-refractivity contribution is -0.396. The number of phenolic OH excluding ortho intramolecular Hbond substituents is 1. The Bertz CT molecular complexity index is 470. The van der Waals surface area contributed by atoms with E-state index in [4.69, 9.17) is 0 Å². The molecule has 0 aromatic heterocycles. The maximum Gasteiger partial charge on any atom is 0.321 e. The Morgan fingerprint density at radius 3 is 2.24 bits per heavy atom. The van der Waals surface area contributed by atoms with E-state index >= 15 is 0 Å². The molecule has 0 bridgehead atoms. The van der Waals surface area contributed by atoms with Crippen LogP contribution >= 0.6 is 0 Å². The van der Waals surface area contributed by atoms with E-state index < -0.39 is 27.0 Å². The van der Waals surface area contributed by atoms with Crippen LogP contribution in [0.2, 0.25) is 0 Å². The van der Waals surface area contributed by atoms with Gasteiger partial charge in [0.15, 0.2) is 0 Å². The largest absolute Gasteiger partial charge is 0.497 e. The Morgan fingerprint density at radius 1 is 1.24 bits per heavy atom. The van der Waals surface area contributed by atoms with E-state index in [0.717, 1.165) is 6.07 Å². The summed E-state index contributed by atoms with van der Waals surface area (Å²) in [6, 6.07) is 2.40. The molecule has 7 heteroatoms. The van der Waals surface area contributed by atoms with Gasteiger partial charge in [-0.2, -0.15) is 0 Å². The Labute approximate surface area is 97.0 Å².